The van der Waals surface area contributed by atoms with Crippen molar-refractivity contribution in [3.05, 3.63) is 29.8 Å². The van der Waals surface area contributed by atoms with Gasteiger partial charge in [-0.15, -0.1) is 13.2 Å². The Kier molecular flexibility index (Phi) is 7.92. The van der Waals surface area contributed by atoms with Gasteiger partial charge in [-0.2, -0.15) is 0 Å². The number of esters is 1. The van der Waals surface area contributed by atoms with Gasteiger partial charge in [0.2, 0.25) is 0 Å². The van der Waals surface area contributed by atoms with Gasteiger partial charge in [-0.1, -0.05) is 12.1 Å². The molecular formula is C15H20F3O6P. The second kappa shape index (κ2) is 9.22. The molecule has 1 unspecified atom stereocenters. The highest BCUT2D eigenvalue weighted by Crippen LogP contribution is 2.61. The van der Waals surface area contributed by atoms with Gasteiger partial charge in [0.25, 0.3) is 0 Å². The predicted octanol–water partition coefficient (Wildman–Crippen LogP) is 4.46. The molecule has 1 aromatic carbocycles. The summed E-state index contributed by atoms with van der Waals surface area (Å²) < 4.78 is 68.8. The summed E-state index contributed by atoms with van der Waals surface area (Å²) in [6.07, 6.45) is -4.84. The molecule has 0 radical (unpaired) electrons. The lowest BCUT2D eigenvalue weighted by molar-refractivity contribution is -0.274. The van der Waals surface area contributed by atoms with Crippen LogP contribution in [-0.4, -0.2) is 32.2 Å². The van der Waals surface area contributed by atoms with Crippen molar-refractivity contribution < 1.29 is 41.1 Å². The molecule has 0 spiro atoms. The molecule has 0 aliphatic rings. The maximum absolute atomic E-state index is 13.0. The summed E-state index contributed by atoms with van der Waals surface area (Å²) >= 11 is 0. The molecule has 0 aliphatic heterocycles. The molecule has 0 N–H and O–H groups in total. The van der Waals surface area contributed by atoms with E-state index in [1.165, 1.54) is 12.1 Å². The van der Waals surface area contributed by atoms with Crippen LogP contribution in [0.3, 0.4) is 0 Å². The lowest BCUT2D eigenvalue weighted by atomic mass is 10.1. The normalized spacial score (nSPS) is 13.4. The number of carbonyl (C=O) groups excluding carboxylic acids is 1. The zero-order chi connectivity index (χ0) is 19.1. The Hall–Kier alpha value is -1.57. The lowest BCUT2D eigenvalue weighted by Gasteiger charge is -2.25. The van der Waals surface area contributed by atoms with Gasteiger partial charge < -0.3 is 18.5 Å². The number of ether oxygens (including phenoxy) is 2. The number of alkyl halides is 3. The van der Waals surface area contributed by atoms with Crippen molar-refractivity contribution in [1.82, 2.24) is 0 Å². The minimum absolute atomic E-state index is 0.0163. The van der Waals surface area contributed by atoms with E-state index >= 15 is 0 Å². The number of halogens is 3. The summed E-state index contributed by atoms with van der Waals surface area (Å²) in [6, 6.07) is 4.40. The van der Waals surface area contributed by atoms with Crippen LogP contribution >= 0.6 is 7.60 Å². The smallest absolute Gasteiger partial charge is 0.465 e. The highest BCUT2D eigenvalue weighted by Gasteiger charge is 2.43. The number of carbonyl (C=O) groups is 1. The Morgan fingerprint density at radius 3 is 1.96 bits per heavy atom. The van der Waals surface area contributed by atoms with E-state index in [4.69, 9.17) is 13.8 Å². The molecular weight excluding hydrogens is 364 g/mol. The number of rotatable bonds is 9. The first-order valence-electron chi connectivity index (χ1n) is 7.58. The maximum Gasteiger partial charge on any atom is 0.573 e. The first-order chi connectivity index (χ1) is 11.7. The van der Waals surface area contributed by atoms with E-state index in [1.807, 2.05) is 0 Å². The monoisotopic (exact) mass is 384 g/mol. The van der Waals surface area contributed by atoms with Crippen molar-refractivity contribution in [2.45, 2.75) is 32.8 Å². The van der Waals surface area contributed by atoms with Crippen LogP contribution in [0.4, 0.5) is 13.2 Å². The van der Waals surface area contributed by atoms with Crippen LogP contribution in [0.2, 0.25) is 0 Å². The summed E-state index contributed by atoms with van der Waals surface area (Å²) in [7, 11) is -3.93. The molecule has 0 bridgehead atoms. The molecule has 6 nitrogen and oxygen atoms in total. The minimum Gasteiger partial charge on any atom is -0.465 e. The fourth-order valence-electron chi connectivity index (χ4n) is 2.07. The molecule has 0 saturated heterocycles. The first-order valence-corrected chi connectivity index (χ1v) is 9.19. The SMILES string of the molecule is CCOC(=O)C(c1ccc(OC(F)(F)F)cc1)P(=O)(OCC)OCC. The Balaban J connectivity index is 3.23. The average Bonchev–Trinajstić information content (AvgIpc) is 2.48. The van der Waals surface area contributed by atoms with E-state index in [0.717, 1.165) is 12.1 Å². The van der Waals surface area contributed by atoms with E-state index in [9.17, 15) is 22.5 Å². The van der Waals surface area contributed by atoms with Gasteiger partial charge in [-0.05, 0) is 38.5 Å². The second-order valence-electron chi connectivity index (χ2n) is 4.65. The van der Waals surface area contributed by atoms with Crippen LogP contribution in [-0.2, 0) is 23.1 Å². The summed E-state index contributed by atoms with van der Waals surface area (Å²) in [5.74, 6) is -1.32. The summed E-state index contributed by atoms with van der Waals surface area (Å²) in [6.45, 7) is 4.79. The van der Waals surface area contributed by atoms with Crippen LogP contribution in [0.25, 0.3) is 0 Å². The molecule has 10 heteroatoms. The largest absolute Gasteiger partial charge is 0.573 e. The van der Waals surface area contributed by atoms with E-state index < -0.39 is 31.3 Å². The van der Waals surface area contributed by atoms with Crippen LogP contribution in [0.5, 0.6) is 5.75 Å². The van der Waals surface area contributed by atoms with Crippen LogP contribution in [0.1, 0.15) is 32.0 Å². The third-order valence-electron chi connectivity index (χ3n) is 2.87. The third kappa shape index (κ3) is 6.34. The Labute approximate surface area is 143 Å². The molecule has 0 heterocycles. The summed E-state index contributed by atoms with van der Waals surface area (Å²) in [4.78, 5) is 12.3. The van der Waals surface area contributed by atoms with Crippen molar-refractivity contribution in [2.24, 2.45) is 0 Å². The number of benzene rings is 1. The van der Waals surface area contributed by atoms with Crippen molar-refractivity contribution in [1.29, 1.82) is 0 Å². The van der Waals surface area contributed by atoms with E-state index in [-0.39, 0.29) is 25.4 Å². The van der Waals surface area contributed by atoms with Gasteiger partial charge in [0.1, 0.15) is 5.75 Å². The fraction of sp³-hybridized carbons (Fsp3) is 0.533. The summed E-state index contributed by atoms with van der Waals surface area (Å²) in [5, 5.41) is 0. The molecule has 0 saturated carbocycles. The molecule has 1 atom stereocenters. The van der Waals surface area contributed by atoms with Crippen molar-refractivity contribution in [3.8, 4) is 5.75 Å². The molecule has 0 aliphatic carbocycles. The molecule has 0 amide bonds. The Morgan fingerprint density at radius 1 is 1.04 bits per heavy atom. The molecule has 142 valence electrons. The van der Waals surface area contributed by atoms with Gasteiger partial charge in [0.05, 0.1) is 19.8 Å². The van der Waals surface area contributed by atoms with Gasteiger partial charge in [-0.3, -0.25) is 9.36 Å². The molecule has 1 rings (SSSR count). The molecule has 0 fully saturated rings. The first kappa shape index (κ1) is 21.5. The summed E-state index contributed by atoms with van der Waals surface area (Å²) in [5.41, 5.74) is -1.27. The van der Waals surface area contributed by atoms with Gasteiger partial charge >= 0.3 is 19.9 Å². The quantitative estimate of drug-likeness (QED) is 0.463. The fourth-order valence-corrected chi connectivity index (χ4v) is 4.03. The topological polar surface area (TPSA) is 71.1 Å². The highest BCUT2D eigenvalue weighted by molar-refractivity contribution is 7.55. The lowest BCUT2D eigenvalue weighted by Crippen LogP contribution is -2.19. The maximum atomic E-state index is 13.0. The molecule has 25 heavy (non-hydrogen) atoms. The molecule has 0 aromatic heterocycles. The second-order valence-corrected chi connectivity index (χ2v) is 6.76. The van der Waals surface area contributed by atoms with E-state index in [2.05, 4.69) is 4.74 Å². The zero-order valence-electron chi connectivity index (χ0n) is 14.0. The van der Waals surface area contributed by atoms with Crippen molar-refractivity contribution in [2.75, 3.05) is 19.8 Å². The number of hydrogen-bond donors (Lipinski definition) is 0. The standard InChI is InChI=1S/C15H20F3O6P/c1-4-21-14(19)13(25(20,22-5-2)23-6-3)11-7-9-12(10-8-11)24-15(16,17)18/h7-10,13H,4-6H2,1-3H3. The van der Waals surface area contributed by atoms with Gasteiger partial charge in [0.15, 0.2) is 5.66 Å². The van der Waals surface area contributed by atoms with Crippen molar-refractivity contribution >= 4 is 13.6 Å². The minimum atomic E-state index is -4.84. The van der Waals surface area contributed by atoms with Crippen LogP contribution in [0.15, 0.2) is 24.3 Å². The van der Waals surface area contributed by atoms with Crippen molar-refractivity contribution in [3.63, 3.8) is 0 Å². The van der Waals surface area contributed by atoms with Gasteiger partial charge in [0, 0.05) is 0 Å². The van der Waals surface area contributed by atoms with Crippen LogP contribution < -0.4 is 4.74 Å². The Bertz CT molecular complexity index is 592. The highest BCUT2D eigenvalue weighted by atomic mass is 31.2. The third-order valence-corrected chi connectivity index (χ3v) is 5.25. The average molecular weight is 384 g/mol. The number of hydrogen-bond acceptors (Lipinski definition) is 6. The predicted molar refractivity (Wildman–Crippen MR) is 83.4 cm³/mol. The molecule has 1 aromatic rings. The zero-order valence-corrected chi connectivity index (χ0v) is 14.9. The van der Waals surface area contributed by atoms with Gasteiger partial charge in [-0.25, -0.2) is 0 Å². The van der Waals surface area contributed by atoms with E-state index in [1.54, 1.807) is 20.8 Å². The Morgan fingerprint density at radius 2 is 1.56 bits per heavy atom. The van der Waals surface area contributed by atoms with Crippen LogP contribution in [0, 0.1) is 0 Å². The van der Waals surface area contributed by atoms with E-state index in [0.29, 0.717) is 0 Å².